The van der Waals surface area contributed by atoms with E-state index in [0.29, 0.717) is 21.7 Å². The topological polar surface area (TPSA) is 0 Å². The van der Waals surface area contributed by atoms with E-state index in [-0.39, 0.29) is 0 Å². The third-order valence-electron chi connectivity index (χ3n) is 12.1. The molecule has 10 unspecified atom stereocenters. The summed E-state index contributed by atoms with van der Waals surface area (Å²) in [4.78, 5) is 0. The Morgan fingerprint density at radius 3 is 2.08 bits per heavy atom. The Morgan fingerprint density at radius 1 is 0.917 bits per heavy atom. The lowest BCUT2D eigenvalue weighted by Gasteiger charge is -2.75. The van der Waals surface area contributed by atoms with Gasteiger partial charge in [0.2, 0.25) is 0 Å². The minimum Gasteiger partial charge on any atom is -0.0876 e. The molecular formula is C24H36. The first-order valence-electron chi connectivity index (χ1n) is 10.4. The van der Waals surface area contributed by atoms with E-state index in [4.69, 9.17) is 0 Å². The van der Waals surface area contributed by atoms with E-state index >= 15 is 0 Å². The molecule has 24 heavy (non-hydrogen) atoms. The van der Waals surface area contributed by atoms with Gasteiger partial charge in [-0.3, -0.25) is 0 Å². The van der Waals surface area contributed by atoms with Gasteiger partial charge in [0.1, 0.15) is 0 Å². The fourth-order valence-corrected chi connectivity index (χ4v) is 10.1. The second kappa shape index (κ2) is 3.91. The molecule has 7 rings (SSSR count). The fourth-order valence-electron chi connectivity index (χ4n) is 10.1. The molecule has 0 N–H and O–H groups in total. The van der Waals surface area contributed by atoms with E-state index in [1.807, 2.05) is 0 Å². The summed E-state index contributed by atoms with van der Waals surface area (Å²) in [7, 11) is 0. The van der Waals surface area contributed by atoms with Gasteiger partial charge in [0.05, 0.1) is 0 Å². The first kappa shape index (κ1) is 15.7. The summed E-state index contributed by atoms with van der Waals surface area (Å²) in [5.74, 6) is 5.17. The average Bonchev–Trinajstić information content (AvgIpc) is 2.59. The van der Waals surface area contributed by atoms with E-state index in [2.05, 4.69) is 67.5 Å². The number of hydrogen-bond donors (Lipinski definition) is 0. The molecular weight excluding hydrogens is 288 g/mol. The highest BCUT2D eigenvalue weighted by molar-refractivity contribution is 5.45. The Labute approximate surface area is 149 Å². The van der Waals surface area contributed by atoms with E-state index in [9.17, 15) is 0 Å². The molecule has 6 bridgehead atoms. The van der Waals surface area contributed by atoms with Crippen LogP contribution in [0.4, 0.5) is 0 Å². The van der Waals surface area contributed by atoms with Gasteiger partial charge in [-0.2, -0.15) is 0 Å². The highest BCUT2D eigenvalue weighted by Crippen LogP contribution is 2.89. The first-order valence-corrected chi connectivity index (χ1v) is 10.4. The van der Waals surface area contributed by atoms with Crippen LogP contribution in [0.2, 0.25) is 0 Å². The van der Waals surface area contributed by atoms with Crippen LogP contribution in [-0.2, 0) is 0 Å². The van der Waals surface area contributed by atoms with Crippen molar-refractivity contribution in [2.24, 2.45) is 57.2 Å². The second-order valence-corrected chi connectivity index (χ2v) is 11.0. The van der Waals surface area contributed by atoms with Crippen LogP contribution in [0.25, 0.3) is 0 Å². The van der Waals surface area contributed by atoms with Crippen molar-refractivity contribution in [3.05, 3.63) is 23.3 Å². The predicted octanol–water partition coefficient (Wildman–Crippen LogP) is 6.49. The van der Waals surface area contributed by atoms with Gasteiger partial charge in [-0.1, -0.05) is 64.8 Å². The maximum absolute atomic E-state index is 2.71. The minimum atomic E-state index is 0.340. The molecule has 4 saturated carbocycles. The molecule has 0 aromatic rings. The summed E-state index contributed by atoms with van der Waals surface area (Å²) >= 11 is 0. The standard InChI is InChI=1S/C24H36/c1-13-14(2)23(7)22(6,17-10-9-11-17)19-12-18-15(3)24(23,8)21(18,5)16(4)20(13)19/h9-10,15-20H,11-12H2,1-8H3. The smallest absolute Gasteiger partial charge is 0.000766 e. The molecule has 0 radical (unpaired) electrons. The molecule has 0 nitrogen and oxygen atoms in total. The SMILES string of the molecule is CC1=C(C)C2(C)C(C)(C3C=CC3)C3CC4C(C)C2(C)C4(C)C(C)C13. The largest absolute Gasteiger partial charge is 0.0876 e. The lowest BCUT2D eigenvalue weighted by Crippen LogP contribution is -2.70. The van der Waals surface area contributed by atoms with Gasteiger partial charge >= 0.3 is 0 Å². The molecule has 7 aliphatic carbocycles. The predicted molar refractivity (Wildman–Crippen MR) is 101 cm³/mol. The average molecular weight is 325 g/mol. The van der Waals surface area contributed by atoms with Crippen molar-refractivity contribution in [2.45, 2.75) is 68.2 Å². The zero-order valence-electron chi connectivity index (χ0n) is 17.0. The molecule has 0 aromatic heterocycles. The van der Waals surface area contributed by atoms with Gasteiger partial charge in [0, 0.05) is 5.41 Å². The van der Waals surface area contributed by atoms with Crippen LogP contribution in [0.15, 0.2) is 23.3 Å². The van der Waals surface area contributed by atoms with Crippen molar-refractivity contribution in [1.82, 2.24) is 0 Å². The van der Waals surface area contributed by atoms with Gasteiger partial charge in [-0.05, 0) is 78.4 Å². The van der Waals surface area contributed by atoms with Crippen molar-refractivity contribution in [3.63, 3.8) is 0 Å². The van der Waals surface area contributed by atoms with Crippen LogP contribution >= 0.6 is 0 Å². The van der Waals surface area contributed by atoms with Crippen LogP contribution in [0.3, 0.4) is 0 Å². The van der Waals surface area contributed by atoms with Crippen molar-refractivity contribution in [1.29, 1.82) is 0 Å². The molecule has 7 aliphatic rings. The number of allylic oxidation sites excluding steroid dienone is 4. The zero-order chi connectivity index (χ0) is 17.4. The quantitative estimate of drug-likeness (QED) is 0.484. The molecule has 0 aliphatic heterocycles. The highest BCUT2D eigenvalue weighted by atomic mass is 14.9. The van der Waals surface area contributed by atoms with Crippen molar-refractivity contribution in [2.75, 3.05) is 0 Å². The molecule has 0 spiro atoms. The van der Waals surface area contributed by atoms with Gasteiger partial charge in [-0.25, -0.2) is 0 Å². The Morgan fingerprint density at radius 2 is 1.54 bits per heavy atom. The van der Waals surface area contributed by atoms with Crippen LogP contribution in [0, 0.1) is 57.2 Å². The van der Waals surface area contributed by atoms with Gasteiger partial charge in [-0.15, -0.1) is 0 Å². The molecule has 0 heteroatoms. The molecule has 0 aromatic carbocycles. The lowest BCUT2D eigenvalue weighted by atomic mass is 9.29. The summed E-state index contributed by atoms with van der Waals surface area (Å²) in [5.41, 5.74) is 5.29. The summed E-state index contributed by atoms with van der Waals surface area (Å²) in [6.07, 6.45) is 7.81. The van der Waals surface area contributed by atoms with Crippen molar-refractivity contribution < 1.29 is 0 Å². The number of rotatable bonds is 1. The van der Waals surface area contributed by atoms with Crippen LogP contribution in [-0.4, -0.2) is 0 Å². The van der Waals surface area contributed by atoms with E-state index in [1.165, 1.54) is 12.8 Å². The molecule has 10 atom stereocenters. The zero-order valence-corrected chi connectivity index (χ0v) is 17.0. The Kier molecular flexibility index (Phi) is 2.56. The first-order chi connectivity index (χ1) is 11.1. The lowest BCUT2D eigenvalue weighted by molar-refractivity contribution is -0.266. The van der Waals surface area contributed by atoms with Crippen molar-refractivity contribution >= 4 is 0 Å². The van der Waals surface area contributed by atoms with Gasteiger partial charge in [0.25, 0.3) is 0 Å². The Bertz CT molecular complexity index is 697. The maximum Gasteiger partial charge on any atom is 0.000766 e. The third-order valence-corrected chi connectivity index (χ3v) is 12.1. The van der Waals surface area contributed by atoms with Crippen molar-refractivity contribution in [3.8, 4) is 0 Å². The van der Waals surface area contributed by atoms with E-state index < -0.39 is 0 Å². The van der Waals surface area contributed by atoms with Crippen LogP contribution in [0.5, 0.6) is 0 Å². The van der Waals surface area contributed by atoms with Gasteiger partial charge in [0.15, 0.2) is 0 Å². The highest BCUT2D eigenvalue weighted by Gasteiger charge is 2.84. The third kappa shape index (κ3) is 1.05. The molecule has 0 heterocycles. The summed E-state index contributed by atoms with van der Waals surface area (Å²) in [6.45, 7) is 21.1. The monoisotopic (exact) mass is 324 g/mol. The fraction of sp³-hybridized carbons (Fsp3) is 0.833. The maximum atomic E-state index is 2.71. The van der Waals surface area contributed by atoms with Gasteiger partial charge < -0.3 is 0 Å². The minimum absolute atomic E-state index is 0.340. The van der Waals surface area contributed by atoms with E-state index in [0.717, 1.165) is 35.5 Å². The molecule has 0 saturated heterocycles. The normalized spacial score (nSPS) is 66.3. The number of hydrogen-bond acceptors (Lipinski definition) is 0. The van der Waals surface area contributed by atoms with Crippen LogP contribution < -0.4 is 0 Å². The molecule has 4 fully saturated rings. The summed E-state index contributed by atoms with van der Waals surface area (Å²) in [5, 5.41) is 0. The molecule has 0 amide bonds. The summed E-state index contributed by atoms with van der Waals surface area (Å²) in [6, 6.07) is 0. The second-order valence-electron chi connectivity index (χ2n) is 11.0. The molecule has 132 valence electrons. The summed E-state index contributed by atoms with van der Waals surface area (Å²) < 4.78 is 0. The van der Waals surface area contributed by atoms with Crippen LogP contribution in [0.1, 0.15) is 68.2 Å². The Balaban J connectivity index is 1.90. The Hall–Kier alpha value is -0.520. The van der Waals surface area contributed by atoms with E-state index in [1.54, 1.807) is 11.1 Å².